The molecule has 2 unspecified atom stereocenters. The highest BCUT2D eigenvalue weighted by Crippen LogP contribution is 2.29. The number of imidazole rings is 1. The number of pyridine rings is 1. The molecule has 0 spiro atoms. The van der Waals surface area contributed by atoms with Crippen molar-refractivity contribution in [2.45, 2.75) is 33.0 Å². The SMILES string of the molecule is Cc1cc(C(C)F)nn1-c1nc(-n2cnc3cc(Nc4ccc(Cl)nn4)c(F)cc32)ccc1C(C)O. The van der Waals surface area contributed by atoms with Gasteiger partial charge in [0.15, 0.2) is 16.8 Å². The third-order valence-corrected chi connectivity index (χ3v) is 5.83. The second-order valence-electron chi connectivity index (χ2n) is 8.30. The molecule has 12 heteroatoms. The van der Waals surface area contributed by atoms with E-state index in [1.807, 2.05) is 0 Å². The van der Waals surface area contributed by atoms with Gasteiger partial charge in [-0.2, -0.15) is 5.10 Å². The molecule has 0 aliphatic heterocycles. The van der Waals surface area contributed by atoms with Crippen LogP contribution in [0.1, 0.15) is 43.1 Å². The Bertz CT molecular complexity index is 1560. The quantitative estimate of drug-likeness (QED) is 0.318. The van der Waals surface area contributed by atoms with Gasteiger partial charge in [-0.1, -0.05) is 11.6 Å². The van der Waals surface area contributed by atoms with E-state index in [-0.39, 0.29) is 16.5 Å². The Hall–Kier alpha value is -3.96. The number of anilines is 2. The summed E-state index contributed by atoms with van der Waals surface area (Å²) in [6.45, 7) is 4.79. The zero-order valence-electron chi connectivity index (χ0n) is 19.5. The van der Waals surface area contributed by atoms with Crippen LogP contribution < -0.4 is 5.32 Å². The van der Waals surface area contributed by atoms with Crippen molar-refractivity contribution >= 4 is 34.1 Å². The minimum absolute atomic E-state index is 0.169. The van der Waals surface area contributed by atoms with E-state index in [0.29, 0.717) is 39.7 Å². The van der Waals surface area contributed by atoms with Crippen molar-refractivity contribution in [2.75, 3.05) is 5.32 Å². The molecule has 0 saturated carbocycles. The van der Waals surface area contributed by atoms with Crippen molar-refractivity contribution in [3.8, 4) is 11.6 Å². The smallest absolute Gasteiger partial charge is 0.161 e. The number of hydrogen-bond donors (Lipinski definition) is 2. The number of halogens is 3. The molecule has 1 aromatic carbocycles. The van der Waals surface area contributed by atoms with E-state index in [2.05, 4.69) is 25.6 Å². The maximum absolute atomic E-state index is 15.0. The molecule has 0 radical (unpaired) electrons. The Morgan fingerprint density at radius 1 is 1.08 bits per heavy atom. The van der Waals surface area contributed by atoms with Gasteiger partial charge in [0.1, 0.15) is 24.1 Å². The number of nitrogens with one attached hydrogen (secondary N) is 1. The summed E-state index contributed by atoms with van der Waals surface area (Å²) in [7, 11) is 0. The van der Waals surface area contributed by atoms with Crippen LogP contribution in [0.4, 0.5) is 20.3 Å². The lowest BCUT2D eigenvalue weighted by Crippen LogP contribution is -2.11. The van der Waals surface area contributed by atoms with Crippen LogP contribution in [0.15, 0.2) is 48.8 Å². The van der Waals surface area contributed by atoms with Crippen LogP contribution in [-0.2, 0) is 0 Å². The lowest BCUT2D eigenvalue weighted by atomic mass is 10.1. The van der Waals surface area contributed by atoms with Gasteiger partial charge in [-0.3, -0.25) is 4.57 Å². The summed E-state index contributed by atoms with van der Waals surface area (Å²) in [5.74, 6) is 0.555. The molecule has 9 nitrogen and oxygen atoms in total. The van der Waals surface area contributed by atoms with Crippen LogP contribution in [0.25, 0.3) is 22.7 Å². The molecule has 2 N–H and O–H groups in total. The summed E-state index contributed by atoms with van der Waals surface area (Å²) in [6.07, 6.45) is -0.585. The van der Waals surface area contributed by atoms with E-state index in [0.717, 1.165) is 0 Å². The van der Waals surface area contributed by atoms with E-state index in [1.54, 1.807) is 54.8 Å². The second kappa shape index (κ2) is 9.25. The Balaban J connectivity index is 1.58. The average Bonchev–Trinajstić information content (AvgIpc) is 3.43. The third kappa shape index (κ3) is 4.38. The summed E-state index contributed by atoms with van der Waals surface area (Å²) in [4.78, 5) is 9.09. The normalized spacial score (nSPS) is 13.2. The van der Waals surface area contributed by atoms with E-state index < -0.39 is 18.1 Å². The Labute approximate surface area is 209 Å². The van der Waals surface area contributed by atoms with Gasteiger partial charge in [0.25, 0.3) is 0 Å². The molecule has 0 bridgehead atoms. The fourth-order valence-electron chi connectivity index (χ4n) is 3.82. The summed E-state index contributed by atoms with van der Waals surface area (Å²) >= 11 is 5.76. The largest absolute Gasteiger partial charge is 0.389 e. The van der Waals surface area contributed by atoms with Crippen molar-refractivity contribution in [2.24, 2.45) is 0 Å². The van der Waals surface area contributed by atoms with Gasteiger partial charge in [0, 0.05) is 17.3 Å². The highest BCUT2D eigenvalue weighted by molar-refractivity contribution is 6.29. The predicted octanol–water partition coefficient (Wildman–Crippen LogP) is 5.32. The topological polar surface area (TPSA) is 107 Å². The predicted molar refractivity (Wildman–Crippen MR) is 131 cm³/mol. The first kappa shape index (κ1) is 23.8. The first-order chi connectivity index (χ1) is 17.2. The number of aliphatic hydroxyl groups is 1. The molecule has 4 aromatic heterocycles. The minimum atomic E-state index is -1.26. The zero-order valence-corrected chi connectivity index (χ0v) is 20.2. The van der Waals surface area contributed by atoms with Gasteiger partial charge in [-0.15, -0.1) is 10.2 Å². The number of fused-ring (bicyclic) bond motifs is 1. The molecular formula is C24H21ClF2N8O. The van der Waals surface area contributed by atoms with Gasteiger partial charge in [-0.05, 0) is 57.2 Å². The molecule has 0 aliphatic carbocycles. The van der Waals surface area contributed by atoms with Gasteiger partial charge >= 0.3 is 0 Å². The highest BCUT2D eigenvalue weighted by Gasteiger charge is 2.19. The van der Waals surface area contributed by atoms with Crippen LogP contribution >= 0.6 is 11.6 Å². The standard InChI is InChI=1S/C24H21ClF2N8O/c1-12-8-17(13(2)26)33-35(12)24-15(14(3)36)4-7-23(30-24)34-11-28-19-10-18(16(27)9-20(19)34)29-22-6-5-21(25)31-32-22/h4-11,13-14,36H,1-3H3,(H,29,32). The third-order valence-electron chi connectivity index (χ3n) is 5.63. The molecule has 36 heavy (non-hydrogen) atoms. The van der Waals surface area contributed by atoms with Crippen LogP contribution in [0.2, 0.25) is 5.15 Å². The van der Waals surface area contributed by atoms with Gasteiger partial charge in [0.05, 0.1) is 28.5 Å². The van der Waals surface area contributed by atoms with Crippen LogP contribution in [0.5, 0.6) is 0 Å². The second-order valence-corrected chi connectivity index (χ2v) is 8.69. The zero-order chi connectivity index (χ0) is 25.6. The first-order valence-corrected chi connectivity index (χ1v) is 11.4. The average molecular weight is 511 g/mol. The number of hydrogen-bond acceptors (Lipinski definition) is 7. The number of aliphatic hydroxyl groups excluding tert-OH is 1. The number of benzene rings is 1. The first-order valence-electron chi connectivity index (χ1n) is 11.0. The number of nitrogens with zero attached hydrogens (tertiary/aromatic N) is 7. The lowest BCUT2D eigenvalue weighted by molar-refractivity contribution is 0.198. The maximum atomic E-state index is 15.0. The summed E-state index contributed by atoms with van der Waals surface area (Å²) in [6, 6.07) is 11.0. The highest BCUT2D eigenvalue weighted by atomic mass is 35.5. The number of alkyl halides is 1. The molecule has 184 valence electrons. The van der Waals surface area contributed by atoms with Crippen molar-refractivity contribution < 1.29 is 13.9 Å². The molecule has 4 heterocycles. The van der Waals surface area contributed by atoms with E-state index in [4.69, 9.17) is 16.6 Å². The van der Waals surface area contributed by atoms with Crippen LogP contribution in [0, 0.1) is 12.7 Å². The number of aromatic nitrogens is 7. The maximum Gasteiger partial charge on any atom is 0.161 e. The Morgan fingerprint density at radius 3 is 2.56 bits per heavy atom. The minimum Gasteiger partial charge on any atom is -0.389 e. The molecule has 5 aromatic rings. The molecule has 0 saturated heterocycles. The lowest BCUT2D eigenvalue weighted by Gasteiger charge is -2.15. The number of rotatable bonds is 6. The fourth-order valence-corrected chi connectivity index (χ4v) is 3.92. The van der Waals surface area contributed by atoms with E-state index in [9.17, 15) is 9.50 Å². The molecule has 0 amide bonds. The molecule has 2 atom stereocenters. The van der Waals surface area contributed by atoms with E-state index >= 15 is 4.39 Å². The summed E-state index contributed by atoms with van der Waals surface area (Å²) in [5, 5.41) is 25.4. The summed E-state index contributed by atoms with van der Waals surface area (Å²) in [5.41, 5.74) is 2.57. The van der Waals surface area contributed by atoms with Crippen molar-refractivity contribution in [3.05, 3.63) is 76.7 Å². The van der Waals surface area contributed by atoms with Crippen LogP contribution in [0.3, 0.4) is 0 Å². The summed E-state index contributed by atoms with van der Waals surface area (Å²) < 4.78 is 32.0. The Morgan fingerprint density at radius 2 is 1.89 bits per heavy atom. The molecule has 5 rings (SSSR count). The molecular weight excluding hydrogens is 490 g/mol. The van der Waals surface area contributed by atoms with Gasteiger partial charge in [0.2, 0.25) is 0 Å². The monoisotopic (exact) mass is 510 g/mol. The number of aryl methyl sites for hydroxylation is 1. The van der Waals surface area contributed by atoms with Crippen molar-refractivity contribution in [1.29, 1.82) is 0 Å². The fraction of sp³-hybridized carbons (Fsp3) is 0.208. The molecule has 0 aliphatic rings. The molecule has 0 fully saturated rings. The van der Waals surface area contributed by atoms with Gasteiger partial charge < -0.3 is 10.4 Å². The van der Waals surface area contributed by atoms with Crippen LogP contribution in [-0.4, -0.2) is 39.6 Å². The van der Waals surface area contributed by atoms with E-state index in [1.165, 1.54) is 24.0 Å². The van der Waals surface area contributed by atoms with Crippen molar-refractivity contribution in [1.82, 2.24) is 34.5 Å². The Kier molecular flexibility index (Phi) is 6.10. The van der Waals surface area contributed by atoms with Crippen molar-refractivity contribution in [3.63, 3.8) is 0 Å². The van der Waals surface area contributed by atoms with Gasteiger partial charge in [-0.25, -0.2) is 23.4 Å².